The Kier molecular flexibility index (Phi) is 4.90. The number of carbonyl (C=O) groups is 1. The molecule has 0 aliphatic rings. The average molecular weight is 254 g/mol. The van der Waals surface area contributed by atoms with Crippen molar-refractivity contribution >= 4 is 5.97 Å². The van der Waals surface area contributed by atoms with Crippen molar-refractivity contribution in [2.45, 2.75) is 53.2 Å². The highest BCUT2D eigenvalue weighted by atomic mass is 16.6. The van der Waals surface area contributed by atoms with Gasteiger partial charge in [-0.05, 0) is 34.6 Å². The number of nitrogens with zero attached hydrogens (tertiary/aromatic N) is 1. The van der Waals surface area contributed by atoms with Gasteiger partial charge < -0.3 is 14.6 Å². The smallest absolute Gasteiger partial charge is 0.307 e. The molecule has 0 aromatic carbocycles. The van der Waals surface area contributed by atoms with E-state index in [1.165, 1.54) is 0 Å². The zero-order valence-corrected chi connectivity index (χ0v) is 11.8. The fraction of sp³-hybridized carbons (Fsp3) is 0.692. The first kappa shape index (κ1) is 14.7. The molecule has 0 aliphatic heterocycles. The third-order valence-electron chi connectivity index (χ3n) is 2.41. The first-order valence-electron chi connectivity index (χ1n) is 6.14. The molecule has 18 heavy (non-hydrogen) atoms. The molecule has 0 saturated carbocycles. The fourth-order valence-corrected chi connectivity index (χ4v) is 1.55. The molecule has 0 atom stereocenters. The molecule has 1 aromatic heterocycles. The Morgan fingerprint density at radius 2 is 2.06 bits per heavy atom. The zero-order chi connectivity index (χ0) is 13.8. The number of aryl methyl sites for hydroxylation is 2. The van der Waals surface area contributed by atoms with Crippen LogP contribution in [0.2, 0.25) is 0 Å². The molecule has 102 valence electrons. The summed E-state index contributed by atoms with van der Waals surface area (Å²) in [6.07, 6.45) is 0.362. The molecule has 0 aliphatic carbocycles. The summed E-state index contributed by atoms with van der Waals surface area (Å²) < 4.78 is 10.3. The Labute approximate surface area is 108 Å². The van der Waals surface area contributed by atoms with E-state index in [1.54, 1.807) is 0 Å². The molecule has 0 bridgehead atoms. The van der Waals surface area contributed by atoms with Gasteiger partial charge in [0.1, 0.15) is 11.4 Å². The zero-order valence-electron chi connectivity index (χ0n) is 11.8. The summed E-state index contributed by atoms with van der Waals surface area (Å²) in [5, 5.41) is 7.06. The van der Waals surface area contributed by atoms with Gasteiger partial charge in [0.2, 0.25) is 0 Å². The van der Waals surface area contributed by atoms with Gasteiger partial charge in [-0.3, -0.25) is 4.79 Å². The standard InChI is InChI=1S/C13H22N2O3/c1-9-11(10(2)18-15-9)8-14-7-6-12(16)17-13(3,4)5/h14H,6-8H2,1-5H3. The van der Waals surface area contributed by atoms with Crippen LogP contribution in [0.4, 0.5) is 0 Å². The molecule has 0 saturated heterocycles. The Morgan fingerprint density at radius 3 is 2.56 bits per heavy atom. The predicted molar refractivity (Wildman–Crippen MR) is 68.1 cm³/mol. The summed E-state index contributed by atoms with van der Waals surface area (Å²) in [7, 11) is 0. The molecular formula is C13H22N2O3. The first-order chi connectivity index (χ1) is 8.29. The van der Waals surface area contributed by atoms with Gasteiger partial charge in [-0.2, -0.15) is 0 Å². The molecule has 5 heteroatoms. The van der Waals surface area contributed by atoms with Crippen LogP contribution in [-0.2, 0) is 16.1 Å². The Balaban J connectivity index is 2.25. The van der Waals surface area contributed by atoms with Gasteiger partial charge in [0, 0.05) is 18.7 Å². The molecule has 1 aromatic rings. The maximum Gasteiger partial charge on any atom is 0.307 e. The maximum absolute atomic E-state index is 11.5. The highest BCUT2D eigenvalue weighted by molar-refractivity contribution is 5.70. The molecule has 1 N–H and O–H groups in total. The average Bonchev–Trinajstić information content (AvgIpc) is 2.52. The lowest BCUT2D eigenvalue weighted by Gasteiger charge is -2.19. The molecule has 0 unspecified atom stereocenters. The van der Waals surface area contributed by atoms with Gasteiger partial charge in [0.15, 0.2) is 0 Å². The molecule has 1 rings (SSSR count). The molecule has 0 radical (unpaired) electrons. The van der Waals surface area contributed by atoms with E-state index in [-0.39, 0.29) is 5.97 Å². The number of aromatic nitrogens is 1. The van der Waals surface area contributed by atoms with Crippen LogP contribution in [0.1, 0.15) is 44.2 Å². The number of nitrogens with one attached hydrogen (secondary N) is 1. The minimum atomic E-state index is -0.418. The molecule has 0 amide bonds. The molecule has 0 fully saturated rings. The Morgan fingerprint density at radius 1 is 1.39 bits per heavy atom. The lowest BCUT2D eigenvalue weighted by molar-refractivity contribution is -0.154. The Hall–Kier alpha value is -1.36. The number of rotatable bonds is 5. The third kappa shape index (κ3) is 4.87. The van der Waals surface area contributed by atoms with Crippen molar-refractivity contribution < 1.29 is 14.1 Å². The largest absolute Gasteiger partial charge is 0.460 e. The molecular weight excluding hydrogens is 232 g/mol. The number of carbonyl (C=O) groups excluding carboxylic acids is 1. The van der Waals surface area contributed by atoms with E-state index in [1.807, 2.05) is 34.6 Å². The third-order valence-corrected chi connectivity index (χ3v) is 2.41. The molecule has 0 spiro atoms. The second-order valence-corrected chi connectivity index (χ2v) is 5.32. The van der Waals surface area contributed by atoms with Crippen molar-refractivity contribution in [2.75, 3.05) is 6.54 Å². The van der Waals surface area contributed by atoms with Crippen molar-refractivity contribution in [3.63, 3.8) is 0 Å². The van der Waals surface area contributed by atoms with Crippen molar-refractivity contribution in [2.24, 2.45) is 0 Å². The van der Waals surface area contributed by atoms with E-state index in [9.17, 15) is 4.79 Å². The maximum atomic E-state index is 11.5. The van der Waals surface area contributed by atoms with Gasteiger partial charge in [0.25, 0.3) is 0 Å². The van der Waals surface area contributed by atoms with Crippen molar-refractivity contribution in [3.8, 4) is 0 Å². The van der Waals surface area contributed by atoms with Gasteiger partial charge in [0.05, 0.1) is 12.1 Å². The molecule has 1 heterocycles. The van der Waals surface area contributed by atoms with Gasteiger partial charge in [-0.25, -0.2) is 0 Å². The van der Waals surface area contributed by atoms with Crippen LogP contribution in [0.25, 0.3) is 0 Å². The van der Waals surface area contributed by atoms with Crippen LogP contribution >= 0.6 is 0 Å². The van der Waals surface area contributed by atoms with Crippen LogP contribution in [0.5, 0.6) is 0 Å². The van der Waals surface area contributed by atoms with Crippen molar-refractivity contribution in [3.05, 3.63) is 17.0 Å². The summed E-state index contributed by atoms with van der Waals surface area (Å²) >= 11 is 0. The lowest BCUT2D eigenvalue weighted by atomic mass is 10.2. The van der Waals surface area contributed by atoms with Gasteiger partial charge >= 0.3 is 5.97 Å². The van der Waals surface area contributed by atoms with Gasteiger partial charge in [-0.15, -0.1) is 0 Å². The van der Waals surface area contributed by atoms with Crippen LogP contribution in [0.3, 0.4) is 0 Å². The Bertz CT molecular complexity index is 385. The number of esters is 1. The van der Waals surface area contributed by atoms with E-state index in [2.05, 4.69) is 10.5 Å². The van der Waals surface area contributed by atoms with Crippen LogP contribution in [0, 0.1) is 13.8 Å². The van der Waals surface area contributed by atoms with E-state index >= 15 is 0 Å². The van der Waals surface area contributed by atoms with E-state index in [0.29, 0.717) is 19.5 Å². The minimum Gasteiger partial charge on any atom is -0.460 e. The number of ether oxygens (including phenoxy) is 1. The SMILES string of the molecule is Cc1noc(C)c1CNCCC(=O)OC(C)(C)C. The number of hydrogen-bond acceptors (Lipinski definition) is 5. The highest BCUT2D eigenvalue weighted by Crippen LogP contribution is 2.11. The second kappa shape index (κ2) is 6.00. The molecule has 5 nitrogen and oxygen atoms in total. The normalized spacial score (nSPS) is 11.6. The highest BCUT2D eigenvalue weighted by Gasteiger charge is 2.15. The lowest BCUT2D eigenvalue weighted by Crippen LogP contribution is -2.26. The summed E-state index contributed by atoms with van der Waals surface area (Å²) in [6, 6.07) is 0. The summed E-state index contributed by atoms with van der Waals surface area (Å²) in [4.78, 5) is 11.5. The van der Waals surface area contributed by atoms with E-state index in [0.717, 1.165) is 17.0 Å². The van der Waals surface area contributed by atoms with Crippen molar-refractivity contribution in [1.29, 1.82) is 0 Å². The van der Waals surface area contributed by atoms with E-state index in [4.69, 9.17) is 9.26 Å². The monoisotopic (exact) mass is 254 g/mol. The summed E-state index contributed by atoms with van der Waals surface area (Å²) in [5.41, 5.74) is 1.52. The summed E-state index contributed by atoms with van der Waals surface area (Å²) in [5.74, 6) is 0.631. The second-order valence-electron chi connectivity index (χ2n) is 5.32. The first-order valence-corrected chi connectivity index (χ1v) is 6.14. The van der Waals surface area contributed by atoms with E-state index < -0.39 is 5.60 Å². The fourth-order valence-electron chi connectivity index (χ4n) is 1.55. The predicted octanol–water partition coefficient (Wildman–Crippen LogP) is 2.11. The quantitative estimate of drug-likeness (QED) is 0.644. The van der Waals surface area contributed by atoms with Crippen molar-refractivity contribution in [1.82, 2.24) is 10.5 Å². The summed E-state index contributed by atoms with van der Waals surface area (Å²) in [6.45, 7) is 10.6. The minimum absolute atomic E-state index is 0.186. The van der Waals surface area contributed by atoms with Crippen LogP contribution in [0.15, 0.2) is 4.52 Å². The number of hydrogen-bond donors (Lipinski definition) is 1. The van der Waals surface area contributed by atoms with Crippen LogP contribution in [-0.4, -0.2) is 23.3 Å². The van der Waals surface area contributed by atoms with Crippen LogP contribution < -0.4 is 5.32 Å². The topological polar surface area (TPSA) is 64.4 Å². The van der Waals surface area contributed by atoms with Gasteiger partial charge in [-0.1, -0.05) is 5.16 Å².